The molecule has 8 heteroatoms. The first-order valence-corrected chi connectivity index (χ1v) is 8.84. The average Bonchev–Trinajstić information content (AvgIpc) is 3.16. The second-order valence-corrected chi connectivity index (χ2v) is 7.14. The van der Waals surface area contributed by atoms with Crippen LogP contribution in [0.4, 0.5) is 5.82 Å². The molecule has 1 saturated heterocycles. The number of amides is 1. The Labute approximate surface area is 147 Å². The molecule has 1 aliphatic heterocycles. The van der Waals surface area contributed by atoms with Gasteiger partial charge in [-0.2, -0.15) is 10.1 Å². The van der Waals surface area contributed by atoms with E-state index in [2.05, 4.69) is 39.3 Å². The quantitative estimate of drug-likeness (QED) is 0.858. The topological polar surface area (TPSA) is 89.1 Å². The van der Waals surface area contributed by atoms with E-state index >= 15 is 0 Å². The highest BCUT2D eigenvalue weighted by Crippen LogP contribution is 2.25. The first-order valence-electron chi connectivity index (χ1n) is 8.84. The van der Waals surface area contributed by atoms with Crippen molar-refractivity contribution in [3.05, 3.63) is 24.0 Å². The van der Waals surface area contributed by atoms with Gasteiger partial charge in [-0.05, 0) is 25.3 Å². The van der Waals surface area contributed by atoms with Gasteiger partial charge in [-0.3, -0.25) is 14.4 Å². The lowest BCUT2D eigenvalue weighted by atomic mass is 9.98. The van der Waals surface area contributed by atoms with Gasteiger partial charge in [-0.15, -0.1) is 0 Å². The summed E-state index contributed by atoms with van der Waals surface area (Å²) in [4.78, 5) is 18.9. The molecule has 0 spiro atoms. The van der Waals surface area contributed by atoms with Gasteiger partial charge >= 0.3 is 0 Å². The Morgan fingerprint density at radius 1 is 1.48 bits per heavy atom. The molecule has 3 rings (SSSR count). The molecule has 1 amide bonds. The van der Waals surface area contributed by atoms with E-state index in [-0.39, 0.29) is 11.8 Å². The summed E-state index contributed by atoms with van der Waals surface area (Å²) in [7, 11) is 1.82. The summed E-state index contributed by atoms with van der Waals surface area (Å²) in [5.74, 6) is 2.70. The normalized spacial score (nSPS) is 18.6. The van der Waals surface area contributed by atoms with Crippen LogP contribution in [0.25, 0.3) is 0 Å². The molecule has 2 aromatic rings. The lowest BCUT2D eigenvalue weighted by molar-refractivity contribution is -0.117. The minimum absolute atomic E-state index is 0.0506. The average molecular weight is 346 g/mol. The Bertz CT molecular complexity index is 708. The Kier molecular flexibility index (Phi) is 5.47. The molecular formula is C17H26N6O2. The summed E-state index contributed by atoms with van der Waals surface area (Å²) in [6.45, 7) is 6.29. The van der Waals surface area contributed by atoms with Gasteiger partial charge < -0.3 is 9.84 Å². The van der Waals surface area contributed by atoms with E-state index in [1.54, 1.807) is 16.9 Å². The van der Waals surface area contributed by atoms with Crippen molar-refractivity contribution in [2.24, 2.45) is 13.0 Å². The monoisotopic (exact) mass is 346 g/mol. The van der Waals surface area contributed by atoms with Crippen molar-refractivity contribution in [1.82, 2.24) is 24.8 Å². The van der Waals surface area contributed by atoms with Gasteiger partial charge in [0.1, 0.15) is 0 Å². The van der Waals surface area contributed by atoms with Crippen LogP contribution in [0.3, 0.4) is 0 Å². The minimum atomic E-state index is -0.0506. The molecule has 3 heterocycles. The molecule has 8 nitrogen and oxygen atoms in total. The van der Waals surface area contributed by atoms with E-state index < -0.39 is 0 Å². The van der Waals surface area contributed by atoms with Gasteiger partial charge in [0.25, 0.3) is 0 Å². The molecular weight excluding hydrogens is 320 g/mol. The van der Waals surface area contributed by atoms with Gasteiger partial charge in [0.15, 0.2) is 11.6 Å². The number of aromatic nitrogens is 4. The molecule has 136 valence electrons. The van der Waals surface area contributed by atoms with E-state index in [0.29, 0.717) is 24.2 Å². The Hall–Kier alpha value is -2.22. The zero-order valence-corrected chi connectivity index (χ0v) is 15.1. The fourth-order valence-electron chi connectivity index (χ4n) is 3.15. The number of piperidine rings is 1. The predicted octanol–water partition coefficient (Wildman–Crippen LogP) is 1.82. The van der Waals surface area contributed by atoms with Crippen molar-refractivity contribution in [1.29, 1.82) is 0 Å². The Morgan fingerprint density at radius 2 is 2.32 bits per heavy atom. The third-order valence-electron chi connectivity index (χ3n) is 4.28. The summed E-state index contributed by atoms with van der Waals surface area (Å²) in [5, 5.41) is 11.1. The smallest absolute Gasteiger partial charge is 0.239 e. The molecule has 2 aromatic heterocycles. The molecule has 0 saturated carbocycles. The number of likely N-dealkylation sites (tertiary alicyclic amines) is 1. The summed E-state index contributed by atoms with van der Waals surface area (Å²) in [6.07, 6.45) is 4.66. The Morgan fingerprint density at radius 3 is 3.04 bits per heavy atom. The van der Waals surface area contributed by atoms with Crippen molar-refractivity contribution in [2.75, 3.05) is 25.0 Å². The number of rotatable bonds is 6. The molecule has 25 heavy (non-hydrogen) atoms. The molecule has 0 bridgehead atoms. The number of nitrogens with zero attached hydrogens (tertiary/aromatic N) is 5. The number of carbonyl (C=O) groups is 1. The second kappa shape index (κ2) is 7.77. The van der Waals surface area contributed by atoms with Gasteiger partial charge in [0, 0.05) is 32.3 Å². The van der Waals surface area contributed by atoms with E-state index in [1.165, 1.54) is 0 Å². The largest absolute Gasteiger partial charge is 0.339 e. The van der Waals surface area contributed by atoms with Crippen molar-refractivity contribution >= 4 is 11.7 Å². The number of hydrogen-bond acceptors (Lipinski definition) is 6. The van der Waals surface area contributed by atoms with Crippen LogP contribution >= 0.6 is 0 Å². The fourth-order valence-corrected chi connectivity index (χ4v) is 3.15. The summed E-state index contributed by atoms with van der Waals surface area (Å²) in [6, 6.07) is 1.78. The number of nitrogens with one attached hydrogen (secondary N) is 1. The van der Waals surface area contributed by atoms with Crippen LogP contribution in [-0.4, -0.2) is 50.4 Å². The van der Waals surface area contributed by atoms with Crippen LogP contribution in [0.2, 0.25) is 0 Å². The maximum absolute atomic E-state index is 12.2. The molecule has 0 radical (unpaired) electrons. The maximum atomic E-state index is 12.2. The number of aryl methyl sites for hydroxylation is 1. The highest BCUT2D eigenvalue weighted by molar-refractivity contribution is 5.91. The van der Waals surface area contributed by atoms with Crippen molar-refractivity contribution in [3.8, 4) is 0 Å². The Balaban J connectivity index is 1.53. The lowest BCUT2D eigenvalue weighted by Gasteiger charge is -2.30. The summed E-state index contributed by atoms with van der Waals surface area (Å²) in [5.41, 5.74) is 0. The molecule has 0 unspecified atom stereocenters. The van der Waals surface area contributed by atoms with Gasteiger partial charge in [0.2, 0.25) is 11.8 Å². The molecule has 1 fully saturated rings. The van der Waals surface area contributed by atoms with E-state index in [0.717, 1.165) is 38.2 Å². The first kappa shape index (κ1) is 17.6. The van der Waals surface area contributed by atoms with Gasteiger partial charge in [-0.1, -0.05) is 19.0 Å². The zero-order chi connectivity index (χ0) is 17.8. The SMILES string of the molecule is CC(C)Cc1noc([C@@H]2CCCN(CC(=O)Nc3ccn(C)n3)C2)n1. The molecule has 0 aromatic carbocycles. The summed E-state index contributed by atoms with van der Waals surface area (Å²) >= 11 is 0. The molecule has 1 atom stereocenters. The van der Waals surface area contributed by atoms with Crippen molar-refractivity contribution in [2.45, 2.75) is 39.0 Å². The van der Waals surface area contributed by atoms with Gasteiger partial charge in [0.05, 0.1) is 12.5 Å². The lowest BCUT2D eigenvalue weighted by Crippen LogP contribution is -2.39. The third kappa shape index (κ3) is 4.88. The highest BCUT2D eigenvalue weighted by Gasteiger charge is 2.27. The molecule has 0 aliphatic carbocycles. The predicted molar refractivity (Wildman–Crippen MR) is 93.1 cm³/mol. The number of anilines is 1. The first-order chi connectivity index (χ1) is 12.0. The van der Waals surface area contributed by atoms with Crippen molar-refractivity contribution < 1.29 is 9.32 Å². The highest BCUT2D eigenvalue weighted by atomic mass is 16.5. The van der Waals surface area contributed by atoms with Crippen LogP contribution in [0.1, 0.15) is 44.3 Å². The van der Waals surface area contributed by atoms with Crippen LogP contribution in [0.5, 0.6) is 0 Å². The van der Waals surface area contributed by atoms with Crippen LogP contribution in [0.15, 0.2) is 16.8 Å². The molecule has 1 aliphatic rings. The summed E-state index contributed by atoms with van der Waals surface area (Å²) < 4.78 is 7.12. The van der Waals surface area contributed by atoms with Crippen molar-refractivity contribution in [3.63, 3.8) is 0 Å². The third-order valence-corrected chi connectivity index (χ3v) is 4.28. The zero-order valence-electron chi connectivity index (χ0n) is 15.1. The fraction of sp³-hybridized carbons (Fsp3) is 0.647. The maximum Gasteiger partial charge on any atom is 0.239 e. The standard InChI is InChI=1S/C17H26N6O2/c1-12(2)9-15-19-17(25-21-15)13-5-4-7-23(10-13)11-16(24)18-14-6-8-22(3)20-14/h6,8,12-13H,4-5,7,9-11H2,1-3H3,(H,18,20,24)/t13-/m1/s1. The van der Waals surface area contributed by atoms with Crippen LogP contribution in [0, 0.1) is 5.92 Å². The number of carbonyl (C=O) groups excluding carboxylic acids is 1. The minimum Gasteiger partial charge on any atom is -0.339 e. The van der Waals surface area contributed by atoms with E-state index in [9.17, 15) is 4.79 Å². The van der Waals surface area contributed by atoms with Gasteiger partial charge in [-0.25, -0.2) is 0 Å². The molecule has 1 N–H and O–H groups in total. The van der Waals surface area contributed by atoms with E-state index in [4.69, 9.17) is 4.52 Å². The van der Waals surface area contributed by atoms with Crippen LogP contribution in [-0.2, 0) is 18.3 Å². The number of hydrogen-bond donors (Lipinski definition) is 1. The second-order valence-electron chi connectivity index (χ2n) is 7.14. The van der Waals surface area contributed by atoms with E-state index in [1.807, 2.05) is 7.05 Å². The van der Waals surface area contributed by atoms with Crippen LogP contribution < -0.4 is 5.32 Å².